The van der Waals surface area contributed by atoms with Gasteiger partial charge in [-0.05, 0) is 37.6 Å². The van der Waals surface area contributed by atoms with Crippen molar-refractivity contribution < 1.29 is 0 Å². The van der Waals surface area contributed by atoms with Crippen LogP contribution in [0.3, 0.4) is 0 Å². The summed E-state index contributed by atoms with van der Waals surface area (Å²) in [6.07, 6.45) is 4.79. The third-order valence-corrected chi connectivity index (χ3v) is 4.07. The molecule has 1 saturated heterocycles. The molecular weight excluding hydrogens is 234 g/mol. The van der Waals surface area contributed by atoms with Crippen molar-refractivity contribution in [1.29, 1.82) is 0 Å². The SMILES string of the molecule is CCNC1CCCN(Cc2c[nH]c3ccccc23)C1. The highest BCUT2D eigenvalue weighted by molar-refractivity contribution is 5.82. The highest BCUT2D eigenvalue weighted by Gasteiger charge is 2.19. The number of aromatic nitrogens is 1. The second-order valence-electron chi connectivity index (χ2n) is 5.49. The average Bonchev–Trinajstić information content (AvgIpc) is 2.83. The van der Waals surface area contributed by atoms with E-state index >= 15 is 0 Å². The number of hydrogen-bond acceptors (Lipinski definition) is 2. The number of likely N-dealkylation sites (N-methyl/N-ethyl adjacent to an activating group) is 1. The number of benzene rings is 1. The third kappa shape index (κ3) is 2.82. The largest absolute Gasteiger partial charge is 0.361 e. The molecule has 3 rings (SSSR count). The molecule has 3 nitrogen and oxygen atoms in total. The molecule has 1 aromatic heterocycles. The Labute approximate surface area is 115 Å². The van der Waals surface area contributed by atoms with E-state index in [2.05, 4.69) is 52.6 Å². The van der Waals surface area contributed by atoms with Crippen molar-refractivity contribution in [1.82, 2.24) is 15.2 Å². The molecule has 1 fully saturated rings. The number of nitrogens with one attached hydrogen (secondary N) is 2. The van der Waals surface area contributed by atoms with Crippen LogP contribution < -0.4 is 5.32 Å². The number of piperidine rings is 1. The Hall–Kier alpha value is -1.32. The number of rotatable bonds is 4. The van der Waals surface area contributed by atoms with Crippen molar-refractivity contribution in [3.05, 3.63) is 36.0 Å². The van der Waals surface area contributed by atoms with Gasteiger partial charge in [-0.1, -0.05) is 25.1 Å². The topological polar surface area (TPSA) is 31.1 Å². The van der Waals surface area contributed by atoms with Crippen LogP contribution in [0.15, 0.2) is 30.5 Å². The van der Waals surface area contributed by atoms with Crippen LogP contribution in [-0.2, 0) is 6.54 Å². The molecular formula is C16H23N3. The number of para-hydroxylation sites is 1. The maximum atomic E-state index is 3.58. The smallest absolute Gasteiger partial charge is 0.0457 e. The standard InChI is InChI=1S/C16H23N3/c1-2-17-14-6-5-9-19(12-14)11-13-10-18-16-8-4-3-7-15(13)16/h3-4,7-8,10,14,17-18H,2,5-6,9,11-12H2,1H3. The van der Waals surface area contributed by atoms with Crippen LogP contribution in [0.1, 0.15) is 25.3 Å². The van der Waals surface area contributed by atoms with E-state index in [4.69, 9.17) is 0 Å². The van der Waals surface area contributed by atoms with Gasteiger partial charge in [0.15, 0.2) is 0 Å². The first kappa shape index (κ1) is 12.7. The van der Waals surface area contributed by atoms with E-state index in [1.165, 1.54) is 42.4 Å². The maximum absolute atomic E-state index is 3.58. The first-order valence-electron chi connectivity index (χ1n) is 7.37. The molecule has 102 valence electrons. The summed E-state index contributed by atoms with van der Waals surface area (Å²) in [4.78, 5) is 5.95. The van der Waals surface area contributed by atoms with Crippen LogP contribution in [0.4, 0.5) is 0 Å². The van der Waals surface area contributed by atoms with Crippen LogP contribution in [0.2, 0.25) is 0 Å². The molecule has 2 N–H and O–H groups in total. The number of H-pyrrole nitrogens is 1. The molecule has 1 atom stereocenters. The summed E-state index contributed by atoms with van der Waals surface area (Å²) < 4.78 is 0. The lowest BCUT2D eigenvalue weighted by Gasteiger charge is -2.33. The monoisotopic (exact) mass is 257 g/mol. The quantitative estimate of drug-likeness (QED) is 0.882. The summed E-state index contributed by atoms with van der Waals surface area (Å²) in [7, 11) is 0. The highest BCUT2D eigenvalue weighted by atomic mass is 15.2. The fourth-order valence-corrected chi connectivity index (χ4v) is 3.16. The van der Waals surface area contributed by atoms with E-state index in [-0.39, 0.29) is 0 Å². The van der Waals surface area contributed by atoms with E-state index in [1.807, 2.05) is 0 Å². The van der Waals surface area contributed by atoms with Crippen LogP contribution in [-0.4, -0.2) is 35.6 Å². The average molecular weight is 257 g/mol. The van der Waals surface area contributed by atoms with E-state index < -0.39 is 0 Å². The van der Waals surface area contributed by atoms with Crippen molar-refractivity contribution in [2.24, 2.45) is 0 Å². The Balaban J connectivity index is 1.70. The van der Waals surface area contributed by atoms with Crippen molar-refractivity contribution >= 4 is 10.9 Å². The Morgan fingerprint density at radius 2 is 2.26 bits per heavy atom. The summed E-state index contributed by atoms with van der Waals surface area (Å²) in [5.41, 5.74) is 2.67. The van der Waals surface area contributed by atoms with Gasteiger partial charge in [-0.15, -0.1) is 0 Å². The van der Waals surface area contributed by atoms with E-state index in [9.17, 15) is 0 Å². The van der Waals surface area contributed by atoms with Gasteiger partial charge < -0.3 is 10.3 Å². The number of likely N-dealkylation sites (tertiary alicyclic amines) is 1. The minimum atomic E-state index is 0.670. The third-order valence-electron chi connectivity index (χ3n) is 4.07. The molecule has 0 saturated carbocycles. The first-order chi connectivity index (χ1) is 9.36. The lowest BCUT2D eigenvalue weighted by molar-refractivity contribution is 0.185. The van der Waals surface area contributed by atoms with Gasteiger partial charge in [0.25, 0.3) is 0 Å². The summed E-state index contributed by atoms with van der Waals surface area (Å²) in [5.74, 6) is 0. The van der Waals surface area contributed by atoms with Gasteiger partial charge in [-0.3, -0.25) is 4.90 Å². The normalized spacial score (nSPS) is 21.0. The van der Waals surface area contributed by atoms with Crippen LogP contribution in [0.5, 0.6) is 0 Å². The predicted molar refractivity (Wildman–Crippen MR) is 80.3 cm³/mol. The van der Waals surface area contributed by atoms with Gasteiger partial charge >= 0.3 is 0 Å². The van der Waals surface area contributed by atoms with E-state index in [0.29, 0.717) is 6.04 Å². The van der Waals surface area contributed by atoms with Gasteiger partial charge in [0.2, 0.25) is 0 Å². The number of hydrogen-bond donors (Lipinski definition) is 2. The summed E-state index contributed by atoms with van der Waals surface area (Å²) >= 11 is 0. The maximum Gasteiger partial charge on any atom is 0.0457 e. The van der Waals surface area contributed by atoms with Gasteiger partial charge in [0.05, 0.1) is 0 Å². The second kappa shape index (κ2) is 5.76. The van der Waals surface area contributed by atoms with E-state index in [1.54, 1.807) is 0 Å². The fraction of sp³-hybridized carbons (Fsp3) is 0.500. The Morgan fingerprint density at radius 1 is 1.37 bits per heavy atom. The lowest BCUT2D eigenvalue weighted by Crippen LogP contribution is -2.45. The molecule has 1 aliphatic rings. The number of nitrogens with zero attached hydrogens (tertiary/aromatic N) is 1. The van der Waals surface area contributed by atoms with E-state index in [0.717, 1.165) is 13.1 Å². The highest BCUT2D eigenvalue weighted by Crippen LogP contribution is 2.21. The molecule has 2 heterocycles. The van der Waals surface area contributed by atoms with Crippen LogP contribution in [0, 0.1) is 0 Å². The van der Waals surface area contributed by atoms with Crippen LogP contribution >= 0.6 is 0 Å². The molecule has 0 spiro atoms. The molecule has 1 aliphatic heterocycles. The molecule has 0 bridgehead atoms. The molecule has 19 heavy (non-hydrogen) atoms. The zero-order chi connectivity index (χ0) is 13.1. The Morgan fingerprint density at radius 3 is 3.16 bits per heavy atom. The molecule has 0 radical (unpaired) electrons. The number of aromatic amines is 1. The molecule has 2 aromatic rings. The second-order valence-corrected chi connectivity index (χ2v) is 5.49. The molecule has 0 aliphatic carbocycles. The summed E-state index contributed by atoms with van der Waals surface area (Å²) in [6.45, 7) is 6.73. The lowest BCUT2D eigenvalue weighted by atomic mass is 10.0. The van der Waals surface area contributed by atoms with Crippen molar-refractivity contribution in [2.45, 2.75) is 32.4 Å². The van der Waals surface area contributed by atoms with Crippen LogP contribution in [0.25, 0.3) is 10.9 Å². The van der Waals surface area contributed by atoms with Gasteiger partial charge in [0.1, 0.15) is 0 Å². The zero-order valence-corrected chi connectivity index (χ0v) is 11.7. The molecule has 0 amide bonds. The predicted octanol–water partition coefficient (Wildman–Crippen LogP) is 2.74. The van der Waals surface area contributed by atoms with Crippen molar-refractivity contribution in [3.8, 4) is 0 Å². The first-order valence-corrected chi connectivity index (χ1v) is 7.37. The Kier molecular flexibility index (Phi) is 3.85. The molecule has 3 heteroatoms. The molecule has 1 unspecified atom stereocenters. The van der Waals surface area contributed by atoms with Crippen molar-refractivity contribution in [3.63, 3.8) is 0 Å². The van der Waals surface area contributed by atoms with Gasteiger partial charge in [-0.2, -0.15) is 0 Å². The fourth-order valence-electron chi connectivity index (χ4n) is 3.16. The van der Waals surface area contributed by atoms with Crippen molar-refractivity contribution in [2.75, 3.05) is 19.6 Å². The van der Waals surface area contributed by atoms with Gasteiger partial charge in [0, 0.05) is 36.2 Å². The summed E-state index contributed by atoms with van der Waals surface area (Å²) in [6, 6.07) is 9.25. The summed E-state index contributed by atoms with van der Waals surface area (Å²) in [5, 5.41) is 4.95. The minimum absolute atomic E-state index is 0.670. The Bertz CT molecular complexity index is 530. The molecule has 1 aromatic carbocycles. The zero-order valence-electron chi connectivity index (χ0n) is 11.7. The number of fused-ring (bicyclic) bond motifs is 1. The minimum Gasteiger partial charge on any atom is -0.361 e. The van der Waals surface area contributed by atoms with Gasteiger partial charge in [-0.25, -0.2) is 0 Å².